The Morgan fingerprint density at radius 2 is 2.03 bits per heavy atom. The Kier molecular flexibility index (Phi) is 7.27. The van der Waals surface area contributed by atoms with Crippen molar-refractivity contribution in [2.75, 3.05) is 37.8 Å². The summed E-state index contributed by atoms with van der Waals surface area (Å²) in [5.41, 5.74) is 0.939. The predicted molar refractivity (Wildman–Crippen MR) is 115 cm³/mol. The molecule has 2 aliphatic heterocycles. The van der Waals surface area contributed by atoms with Gasteiger partial charge < -0.3 is 14.8 Å². The molecule has 2 heterocycles. The first kappa shape index (κ1) is 22.4. The highest BCUT2D eigenvalue weighted by Crippen LogP contribution is 2.34. The molecule has 1 amide bonds. The molecule has 1 fully saturated rings. The van der Waals surface area contributed by atoms with Gasteiger partial charge in [-0.25, -0.2) is 8.42 Å². The summed E-state index contributed by atoms with van der Waals surface area (Å²) >= 11 is 0. The fraction of sp³-hybridized carbons (Fsp3) is 0.591. The molecule has 2 aliphatic rings. The van der Waals surface area contributed by atoms with E-state index in [4.69, 9.17) is 15.9 Å². The van der Waals surface area contributed by atoms with Gasteiger partial charge in [0.05, 0.1) is 43.9 Å². The average molecular weight is 435 g/mol. The molecule has 1 aromatic carbocycles. The molecule has 0 aromatic heterocycles. The summed E-state index contributed by atoms with van der Waals surface area (Å²) in [4.78, 5) is 14.6. The monoisotopic (exact) mass is 434 g/mol. The van der Waals surface area contributed by atoms with E-state index in [-0.39, 0.29) is 48.5 Å². The summed E-state index contributed by atoms with van der Waals surface area (Å²) in [7, 11) is -3.05. The Morgan fingerprint density at radius 3 is 2.67 bits per heavy atom. The number of carbonyl (C=O) groups excluding carboxylic acids is 1. The van der Waals surface area contributed by atoms with Crippen molar-refractivity contribution in [3.05, 3.63) is 23.8 Å². The van der Waals surface area contributed by atoms with Gasteiger partial charge in [-0.1, -0.05) is 25.8 Å². The molecule has 164 valence electrons. The zero-order valence-electron chi connectivity index (χ0n) is 17.6. The minimum absolute atomic E-state index is 0.0533. The number of carbonyl (C=O) groups is 1. The van der Waals surface area contributed by atoms with Gasteiger partial charge in [0.15, 0.2) is 21.3 Å². The highest BCUT2D eigenvalue weighted by molar-refractivity contribution is 7.91. The molecular formula is C22H30N2O5S. The molecule has 7 nitrogen and oxygen atoms in total. The number of ether oxygens (including phenoxy) is 2. The van der Waals surface area contributed by atoms with E-state index < -0.39 is 9.84 Å². The summed E-state index contributed by atoms with van der Waals surface area (Å²) in [6.45, 7) is 5.61. The normalized spacial score (nSPS) is 21.1. The van der Waals surface area contributed by atoms with Gasteiger partial charge in [0.2, 0.25) is 5.91 Å². The number of terminal acetylenes is 1. The van der Waals surface area contributed by atoms with Gasteiger partial charge in [0.1, 0.15) is 0 Å². The molecule has 0 saturated carbocycles. The maximum atomic E-state index is 12.9. The minimum Gasteiger partial charge on any atom is -0.490 e. The minimum atomic E-state index is -3.05. The molecule has 0 radical (unpaired) electrons. The summed E-state index contributed by atoms with van der Waals surface area (Å²) in [5, 5.41) is 3.09. The van der Waals surface area contributed by atoms with E-state index in [2.05, 4.69) is 11.2 Å². The van der Waals surface area contributed by atoms with Crippen molar-refractivity contribution in [2.45, 2.75) is 38.8 Å². The first-order valence-corrected chi connectivity index (χ1v) is 12.2. The van der Waals surface area contributed by atoms with Gasteiger partial charge in [-0.2, -0.15) is 0 Å². The first-order chi connectivity index (χ1) is 14.3. The topological polar surface area (TPSA) is 84.9 Å². The molecule has 2 atom stereocenters. The lowest BCUT2D eigenvalue weighted by Crippen LogP contribution is -2.45. The van der Waals surface area contributed by atoms with Crippen LogP contribution < -0.4 is 14.8 Å². The number of hydrogen-bond donors (Lipinski definition) is 1. The quantitative estimate of drug-likeness (QED) is 0.659. The van der Waals surface area contributed by atoms with E-state index in [1.807, 2.05) is 32.0 Å². The summed E-state index contributed by atoms with van der Waals surface area (Å²) in [5.74, 6) is 4.11. The highest BCUT2D eigenvalue weighted by Gasteiger charge is 2.33. The third-order valence-corrected chi connectivity index (χ3v) is 7.23. The zero-order valence-corrected chi connectivity index (χ0v) is 18.4. The van der Waals surface area contributed by atoms with Crippen molar-refractivity contribution in [1.29, 1.82) is 0 Å². The lowest BCUT2D eigenvalue weighted by Gasteiger charge is -2.28. The molecule has 0 aliphatic carbocycles. The fourth-order valence-electron chi connectivity index (χ4n) is 3.91. The van der Waals surface area contributed by atoms with E-state index in [0.717, 1.165) is 12.0 Å². The molecule has 30 heavy (non-hydrogen) atoms. The lowest BCUT2D eigenvalue weighted by atomic mass is 9.95. The van der Waals surface area contributed by atoms with Crippen LogP contribution in [-0.2, 0) is 14.6 Å². The van der Waals surface area contributed by atoms with Crippen LogP contribution in [0.3, 0.4) is 0 Å². The summed E-state index contributed by atoms with van der Waals surface area (Å²) < 4.78 is 35.1. The van der Waals surface area contributed by atoms with Gasteiger partial charge in [-0.15, -0.1) is 6.42 Å². The van der Waals surface area contributed by atoms with Crippen LogP contribution in [0.4, 0.5) is 0 Å². The molecule has 0 bridgehead atoms. The zero-order chi connectivity index (χ0) is 21.7. The molecule has 2 unspecified atom stereocenters. The maximum Gasteiger partial charge on any atom is 0.234 e. The number of sulfone groups is 1. The van der Waals surface area contributed by atoms with Gasteiger partial charge in [0.25, 0.3) is 0 Å². The van der Waals surface area contributed by atoms with Crippen LogP contribution in [0.1, 0.15) is 38.3 Å². The third kappa shape index (κ3) is 5.67. The summed E-state index contributed by atoms with van der Waals surface area (Å²) in [6, 6.07) is 5.32. The SMILES string of the molecule is C#CCN(CC(=O)NC(c1ccc2c(c1)OCCCO2)C(C)C)C1CCS(=O)(=O)C1. The Hall–Kier alpha value is -2.24. The molecule has 0 spiro atoms. The summed E-state index contributed by atoms with van der Waals surface area (Å²) in [6.07, 6.45) is 6.80. The number of nitrogens with zero attached hydrogens (tertiary/aromatic N) is 1. The second-order valence-corrected chi connectivity index (χ2v) is 10.4. The second-order valence-electron chi connectivity index (χ2n) is 8.21. The van der Waals surface area contributed by atoms with Crippen LogP contribution in [0.15, 0.2) is 18.2 Å². The van der Waals surface area contributed by atoms with Crippen LogP contribution in [0, 0.1) is 18.3 Å². The van der Waals surface area contributed by atoms with Crippen molar-refractivity contribution in [2.24, 2.45) is 5.92 Å². The van der Waals surface area contributed by atoms with Crippen molar-refractivity contribution < 1.29 is 22.7 Å². The van der Waals surface area contributed by atoms with Gasteiger partial charge in [0, 0.05) is 12.5 Å². The van der Waals surface area contributed by atoms with Gasteiger partial charge in [-0.3, -0.25) is 9.69 Å². The van der Waals surface area contributed by atoms with Crippen molar-refractivity contribution in [3.63, 3.8) is 0 Å². The number of rotatable bonds is 7. The largest absolute Gasteiger partial charge is 0.490 e. The van der Waals surface area contributed by atoms with E-state index >= 15 is 0 Å². The number of benzene rings is 1. The predicted octanol–water partition coefficient (Wildman–Crippen LogP) is 1.78. The maximum absolute atomic E-state index is 12.9. The number of amides is 1. The van der Waals surface area contributed by atoms with Crippen LogP contribution in [0.2, 0.25) is 0 Å². The smallest absolute Gasteiger partial charge is 0.234 e. The molecule has 1 N–H and O–H groups in total. The third-order valence-electron chi connectivity index (χ3n) is 5.48. The fourth-order valence-corrected chi connectivity index (χ4v) is 5.67. The molecule has 3 rings (SSSR count). The van der Waals surface area contributed by atoms with Crippen molar-refractivity contribution >= 4 is 15.7 Å². The Morgan fingerprint density at radius 1 is 1.30 bits per heavy atom. The van der Waals surface area contributed by atoms with Crippen LogP contribution >= 0.6 is 0 Å². The standard InChI is InChI=1S/C22H30N2O5S/c1-4-9-24(18-8-12-30(26,27)15-18)14-21(25)23-22(16(2)3)17-6-7-19-20(13-17)29-11-5-10-28-19/h1,6-7,13,16,18,22H,5,8-12,14-15H2,2-3H3,(H,23,25). The van der Waals surface area contributed by atoms with Gasteiger partial charge in [-0.05, 0) is 30.0 Å². The Labute approximate surface area is 179 Å². The van der Waals surface area contributed by atoms with Crippen LogP contribution in [0.25, 0.3) is 0 Å². The van der Waals surface area contributed by atoms with Crippen LogP contribution in [0.5, 0.6) is 11.5 Å². The lowest BCUT2D eigenvalue weighted by molar-refractivity contribution is -0.123. The molecular weight excluding hydrogens is 404 g/mol. The highest BCUT2D eigenvalue weighted by atomic mass is 32.2. The number of fused-ring (bicyclic) bond motifs is 1. The van der Waals surface area contributed by atoms with Gasteiger partial charge >= 0.3 is 0 Å². The van der Waals surface area contributed by atoms with Crippen molar-refractivity contribution in [1.82, 2.24) is 10.2 Å². The molecule has 8 heteroatoms. The second kappa shape index (κ2) is 9.71. The average Bonchev–Trinajstić information content (AvgIpc) is 2.90. The Bertz CT molecular complexity index is 907. The van der Waals surface area contributed by atoms with E-state index in [9.17, 15) is 13.2 Å². The number of hydrogen-bond acceptors (Lipinski definition) is 6. The molecule has 1 saturated heterocycles. The van der Waals surface area contributed by atoms with E-state index in [1.54, 1.807) is 4.90 Å². The molecule has 1 aromatic rings. The van der Waals surface area contributed by atoms with E-state index in [0.29, 0.717) is 31.1 Å². The van der Waals surface area contributed by atoms with Crippen molar-refractivity contribution in [3.8, 4) is 23.8 Å². The van der Waals surface area contributed by atoms with E-state index in [1.165, 1.54) is 0 Å². The van der Waals surface area contributed by atoms with Crippen LogP contribution in [-0.4, -0.2) is 63.1 Å². The Balaban J connectivity index is 1.70. The first-order valence-electron chi connectivity index (χ1n) is 10.4. The number of nitrogens with one attached hydrogen (secondary N) is 1.